The van der Waals surface area contributed by atoms with E-state index in [1.165, 1.54) is 86.2 Å². The van der Waals surface area contributed by atoms with Gasteiger partial charge in [0.25, 0.3) is 0 Å². The Kier molecular flexibility index (Phi) is 5.76. The minimum atomic E-state index is 0.0482. The highest BCUT2D eigenvalue weighted by Gasteiger charge is 2.27. The van der Waals surface area contributed by atoms with Gasteiger partial charge in [0.1, 0.15) is 11.9 Å². The number of rotatable bonds is 3. The minimum absolute atomic E-state index is 0.0482. The average molecular weight is 607 g/mol. The summed E-state index contributed by atoms with van der Waals surface area (Å²) in [5.74, 6) is 1.03. The van der Waals surface area contributed by atoms with E-state index in [1.54, 1.807) is 0 Å². The Hall–Kier alpha value is -5.18. The van der Waals surface area contributed by atoms with Crippen molar-refractivity contribution in [2.24, 2.45) is 0 Å². The minimum Gasteiger partial charge on any atom is -0.485 e. The van der Waals surface area contributed by atoms with Gasteiger partial charge in [0.15, 0.2) is 0 Å². The van der Waals surface area contributed by atoms with Crippen LogP contribution < -0.4 is 4.74 Å². The van der Waals surface area contributed by atoms with Crippen molar-refractivity contribution in [1.29, 1.82) is 0 Å². The molecule has 10 rings (SSSR count). The lowest BCUT2D eigenvalue weighted by molar-refractivity contribution is 0.239. The maximum absolute atomic E-state index is 6.60. The van der Waals surface area contributed by atoms with Crippen molar-refractivity contribution < 1.29 is 4.74 Å². The number of benzene rings is 7. The van der Waals surface area contributed by atoms with Crippen LogP contribution in [-0.4, -0.2) is 0 Å². The predicted octanol–water partition coefficient (Wildman–Crippen LogP) is 12.3. The van der Waals surface area contributed by atoms with Crippen LogP contribution in [0.15, 0.2) is 133 Å². The first-order chi connectivity index (χ1) is 22.8. The van der Waals surface area contributed by atoms with E-state index in [4.69, 9.17) is 4.74 Å². The van der Waals surface area contributed by atoms with Gasteiger partial charge in [0, 0.05) is 26.6 Å². The normalized spacial score (nSPS) is 15.4. The lowest BCUT2D eigenvalue weighted by Gasteiger charge is -2.23. The Morgan fingerprint density at radius 2 is 1.37 bits per heavy atom. The van der Waals surface area contributed by atoms with Crippen molar-refractivity contribution >= 4 is 59.1 Å². The molecule has 1 unspecified atom stereocenters. The van der Waals surface area contributed by atoms with E-state index in [9.17, 15) is 0 Å². The highest BCUT2D eigenvalue weighted by molar-refractivity contribution is 7.25. The van der Waals surface area contributed by atoms with E-state index < -0.39 is 0 Å². The van der Waals surface area contributed by atoms with Crippen molar-refractivity contribution in [1.82, 2.24) is 0 Å². The van der Waals surface area contributed by atoms with Gasteiger partial charge in [-0.05, 0) is 109 Å². The van der Waals surface area contributed by atoms with Crippen LogP contribution in [0.2, 0.25) is 0 Å². The van der Waals surface area contributed by atoms with Crippen LogP contribution in [0.4, 0.5) is 0 Å². The fourth-order valence-electron chi connectivity index (χ4n) is 7.89. The average Bonchev–Trinajstić information content (AvgIpc) is 3.69. The van der Waals surface area contributed by atoms with E-state index >= 15 is 0 Å². The maximum atomic E-state index is 6.60. The van der Waals surface area contributed by atoms with Crippen LogP contribution in [0, 0.1) is 0 Å². The maximum Gasteiger partial charge on any atom is 0.128 e. The molecule has 0 amide bonds. The summed E-state index contributed by atoms with van der Waals surface area (Å²) >= 11 is 1.87. The second-order valence-electron chi connectivity index (χ2n) is 12.7. The zero-order valence-electron chi connectivity index (χ0n) is 25.3. The van der Waals surface area contributed by atoms with Gasteiger partial charge in [-0.25, -0.2) is 0 Å². The molecule has 2 aliphatic rings. The van der Waals surface area contributed by atoms with Crippen LogP contribution >= 0.6 is 11.3 Å². The molecule has 8 aromatic rings. The number of fused-ring (bicyclic) bond motifs is 7. The monoisotopic (exact) mass is 606 g/mol. The molecule has 1 atom stereocenters. The molecule has 2 heteroatoms. The largest absolute Gasteiger partial charge is 0.485 e. The van der Waals surface area contributed by atoms with Crippen molar-refractivity contribution in [3.63, 3.8) is 0 Å². The van der Waals surface area contributed by atoms with Crippen LogP contribution in [0.5, 0.6) is 5.75 Å². The summed E-state index contributed by atoms with van der Waals surface area (Å²) in [5.41, 5.74) is 10.7. The zero-order chi connectivity index (χ0) is 30.2. The Morgan fingerprint density at radius 1 is 0.587 bits per heavy atom. The molecular formula is C44H30OS. The molecule has 0 saturated heterocycles. The molecular weight excluding hydrogens is 577 g/mol. The molecule has 0 radical (unpaired) electrons. The Bertz CT molecular complexity index is 2530. The molecule has 0 bridgehead atoms. The summed E-state index contributed by atoms with van der Waals surface area (Å²) in [7, 11) is 0. The molecule has 2 heterocycles. The van der Waals surface area contributed by atoms with Crippen LogP contribution in [0.3, 0.4) is 0 Å². The summed E-state index contributed by atoms with van der Waals surface area (Å²) in [6.45, 7) is 0. The molecule has 0 N–H and O–H groups in total. The predicted molar refractivity (Wildman–Crippen MR) is 196 cm³/mol. The van der Waals surface area contributed by atoms with E-state index in [0.29, 0.717) is 0 Å². The van der Waals surface area contributed by atoms with Crippen LogP contribution in [-0.2, 0) is 12.8 Å². The molecule has 0 saturated carbocycles. The lowest BCUT2D eigenvalue weighted by Crippen LogP contribution is -2.02. The number of hydrogen-bond acceptors (Lipinski definition) is 2. The molecule has 1 aliphatic heterocycles. The summed E-state index contributed by atoms with van der Waals surface area (Å²) in [6.07, 6.45) is 7.77. The highest BCUT2D eigenvalue weighted by atomic mass is 32.1. The number of allylic oxidation sites excluding steroid dienone is 1. The smallest absolute Gasteiger partial charge is 0.128 e. The molecule has 218 valence electrons. The van der Waals surface area contributed by atoms with Gasteiger partial charge in [-0.3, -0.25) is 0 Å². The van der Waals surface area contributed by atoms with Crippen molar-refractivity contribution in [3.05, 3.63) is 156 Å². The van der Waals surface area contributed by atoms with E-state index in [-0.39, 0.29) is 6.10 Å². The molecule has 1 aromatic heterocycles. The molecule has 1 aliphatic carbocycles. The van der Waals surface area contributed by atoms with Gasteiger partial charge in [-0.2, -0.15) is 0 Å². The Labute approximate surface area is 272 Å². The summed E-state index contributed by atoms with van der Waals surface area (Å²) in [4.78, 5) is 0. The van der Waals surface area contributed by atoms with Gasteiger partial charge in [-0.15, -0.1) is 11.3 Å². The lowest BCUT2D eigenvalue weighted by atomic mass is 9.80. The molecule has 7 aromatic carbocycles. The van der Waals surface area contributed by atoms with Crippen molar-refractivity contribution in [2.45, 2.75) is 25.4 Å². The molecule has 0 fully saturated rings. The van der Waals surface area contributed by atoms with E-state index in [0.717, 1.165) is 25.0 Å². The van der Waals surface area contributed by atoms with Gasteiger partial charge >= 0.3 is 0 Å². The Morgan fingerprint density at radius 3 is 2.26 bits per heavy atom. The standard InChI is InChI=1S/C44H30OS/c1-2-11-28(12-3-1)43-33-14-6-8-16-35(33)44(36-17-9-7-15-34(36)43)31-20-21-41-37(23-31)38-24-32-25-39(45-40(32)26-42(38)46-41)30-19-18-27-10-4-5-13-29(27)22-30/h1-8,10-16,18-24,26,39H,9,17,25H2. The molecule has 0 spiro atoms. The third-order valence-electron chi connectivity index (χ3n) is 10.0. The zero-order valence-corrected chi connectivity index (χ0v) is 26.1. The summed E-state index contributed by atoms with van der Waals surface area (Å²) in [5, 5.41) is 7.86. The second kappa shape index (κ2) is 10.2. The van der Waals surface area contributed by atoms with Crippen LogP contribution in [0.25, 0.3) is 70.0 Å². The van der Waals surface area contributed by atoms with Gasteiger partial charge in [-0.1, -0.05) is 109 Å². The fraction of sp³-hybridized carbons (Fsp3) is 0.0909. The highest BCUT2D eigenvalue weighted by Crippen LogP contribution is 2.48. The second-order valence-corrected chi connectivity index (χ2v) is 13.8. The number of hydrogen-bond donors (Lipinski definition) is 0. The molecule has 46 heavy (non-hydrogen) atoms. The summed E-state index contributed by atoms with van der Waals surface area (Å²) in [6, 6.07) is 47.0. The third kappa shape index (κ3) is 4.00. The fourth-order valence-corrected chi connectivity index (χ4v) is 8.99. The van der Waals surface area contributed by atoms with Gasteiger partial charge < -0.3 is 4.74 Å². The summed E-state index contributed by atoms with van der Waals surface area (Å²) < 4.78 is 9.21. The van der Waals surface area contributed by atoms with Gasteiger partial charge in [0.05, 0.1) is 0 Å². The number of thiophene rings is 1. The SMILES string of the molecule is C1=Cc2c(c(-c3ccc4sc5cc6c(cc5c4c3)CC(c3ccc4ccccc4c3)O6)c3ccccc3c2-c2ccccc2)CC1. The third-order valence-corrected chi connectivity index (χ3v) is 11.2. The number of ether oxygens (including phenoxy) is 1. The van der Waals surface area contributed by atoms with Gasteiger partial charge in [0.2, 0.25) is 0 Å². The topological polar surface area (TPSA) is 9.23 Å². The molecule has 1 nitrogen and oxygen atoms in total. The quantitative estimate of drug-likeness (QED) is 0.194. The first-order valence-electron chi connectivity index (χ1n) is 16.2. The van der Waals surface area contributed by atoms with Crippen molar-refractivity contribution in [2.75, 3.05) is 0 Å². The van der Waals surface area contributed by atoms with E-state index in [1.807, 2.05) is 11.3 Å². The first-order valence-corrected chi connectivity index (χ1v) is 17.0. The van der Waals surface area contributed by atoms with Crippen molar-refractivity contribution in [3.8, 4) is 28.0 Å². The van der Waals surface area contributed by atoms with Crippen LogP contribution in [0.1, 0.15) is 34.8 Å². The Balaban J connectivity index is 1.12. The first kappa shape index (κ1) is 26.1. The van der Waals surface area contributed by atoms with E-state index in [2.05, 4.69) is 140 Å².